The van der Waals surface area contributed by atoms with Gasteiger partial charge in [0, 0.05) is 17.7 Å². The summed E-state index contributed by atoms with van der Waals surface area (Å²) in [5, 5.41) is 2.79. The molecule has 0 aromatic heterocycles. The van der Waals surface area contributed by atoms with Gasteiger partial charge in [-0.1, -0.05) is 55.5 Å². The lowest BCUT2D eigenvalue weighted by Gasteiger charge is -2.36. The number of allylic oxidation sites excluding steroid dienone is 1. The van der Waals surface area contributed by atoms with Gasteiger partial charge in [0.2, 0.25) is 11.8 Å². The first-order chi connectivity index (χ1) is 16.4. The third-order valence-corrected chi connectivity index (χ3v) is 5.80. The van der Waals surface area contributed by atoms with Crippen LogP contribution >= 0.6 is 0 Å². The number of nitrogens with one attached hydrogen (secondary N) is 1. The monoisotopic (exact) mass is 462 g/mol. The van der Waals surface area contributed by atoms with Gasteiger partial charge < -0.3 is 25.3 Å². The van der Waals surface area contributed by atoms with Gasteiger partial charge in [-0.25, -0.2) is 9.59 Å². The maximum Gasteiger partial charge on any atom is 0.341 e. The molecule has 0 bridgehead atoms. The Balaban J connectivity index is 1.91. The molecule has 34 heavy (non-hydrogen) atoms. The highest BCUT2D eigenvalue weighted by Crippen LogP contribution is 2.53. The average Bonchev–Trinajstić information content (AvgIpc) is 3.10. The lowest BCUT2D eigenvalue weighted by atomic mass is 9.67. The van der Waals surface area contributed by atoms with Crippen molar-refractivity contribution in [1.82, 2.24) is 0 Å². The number of fused-ring (bicyclic) bond motifs is 2. The summed E-state index contributed by atoms with van der Waals surface area (Å²) >= 11 is 0. The molecule has 4 rings (SSSR count). The van der Waals surface area contributed by atoms with Crippen LogP contribution in [0.3, 0.4) is 0 Å². The number of benzene rings is 2. The third kappa shape index (κ3) is 3.71. The highest BCUT2D eigenvalue weighted by atomic mass is 16.5. The van der Waals surface area contributed by atoms with Crippen molar-refractivity contribution in [3.8, 4) is 0 Å². The van der Waals surface area contributed by atoms with Crippen molar-refractivity contribution in [2.45, 2.75) is 38.7 Å². The normalized spacial score (nSPS) is 18.9. The van der Waals surface area contributed by atoms with E-state index < -0.39 is 23.3 Å². The second-order valence-electron chi connectivity index (χ2n) is 7.92. The minimum Gasteiger partial charge on any atom is -0.462 e. The molecule has 0 saturated heterocycles. The van der Waals surface area contributed by atoms with Crippen molar-refractivity contribution in [3.05, 3.63) is 88.5 Å². The smallest absolute Gasteiger partial charge is 0.341 e. The van der Waals surface area contributed by atoms with Crippen LogP contribution in [0, 0.1) is 0 Å². The molecule has 0 unspecified atom stereocenters. The van der Waals surface area contributed by atoms with Crippen LogP contribution in [0.15, 0.2) is 77.4 Å². The zero-order chi connectivity index (χ0) is 24.3. The van der Waals surface area contributed by atoms with Gasteiger partial charge in [0.15, 0.2) is 0 Å². The number of para-hydroxylation sites is 1. The topological polar surface area (TPSA) is 117 Å². The van der Waals surface area contributed by atoms with E-state index in [0.29, 0.717) is 24.1 Å². The van der Waals surface area contributed by atoms with E-state index in [2.05, 4.69) is 5.32 Å². The second kappa shape index (κ2) is 9.43. The number of carbonyl (C=O) groups excluding carboxylic acids is 3. The fourth-order valence-electron chi connectivity index (χ4n) is 4.43. The Hall–Kier alpha value is -4.07. The number of amides is 1. The molecule has 1 amide bonds. The molecular weight excluding hydrogens is 436 g/mol. The van der Waals surface area contributed by atoms with Crippen LogP contribution in [0.4, 0.5) is 5.69 Å². The van der Waals surface area contributed by atoms with Gasteiger partial charge in [0.05, 0.1) is 6.61 Å². The van der Waals surface area contributed by atoms with Crippen molar-refractivity contribution < 1.29 is 28.6 Å². The number of ether oxygens (including phenoxy) is 3. The molecule has 0 fully saturated rings. The molecule has 2 heterocycles. The Labute approximate surface area is 197 Å². The second-order valence-corrected chi connectivity index (χ2v) is 7.92. The first-order valence-electron chi connectivity index (χ1n) is 11.2. The quantitative estimate of drug-likeness (QED) is 0.606. The van der Waals surface area contributed by atoms with Crippen LogP contribution in [0.25, 0.3) is 0 Å². The van der Waals surface area contributed by atoms with Crippen LogP contribution in [-0.2, 0) is 40.6 Å². The predicted octanol–water partition coefficient (Wildman–Crippen LogP) is 3.44. The Morgan fingerprint density at radius 3 is 2.35 bits per heavy atom. The van der Waals surface area contributed by atoms with Crippen LogP contribution in [-0.4, -0.2) is 24.5 Å². The molecule has 2 aromatic carbocycles. The summed E-state index contributed by atoms with van der Waals surface area (Å²) in [5.41, 5.74) is 5.72. The van der Waals surface area contributed by atoms with E-state index in [1.165, 1.54) is 0 Å². The van der Waals surface area contributed by atoms with E-state index in [1.54, 1.807) is 31.2 Å². The minimum atomic E-state index is -1.86. The van der Waals surface area contributed by atoms with Crippen molar-refractivity contribution in [3.63, 3.8) is 0 Å². The summed E-state index contributed by atoms with van der Waals surface area (Å²) in [4.78, 5) is 40.5. The van der Waals surface area contributed by atoms with Crippen LogP contribution in [0.5, 0.6) is 0 Å². The first-order valence-corrected chi connectivity index (χ1v) is 11.2. The molecule has 8 heteroatoms. The summed E-state index contributed by atoms with van der Waals surface area (Å²) in [7, 11) is 0. The van der Waals surface area contributed by atoms with E-state index in [4.69, 9.17) is 19.9 Å². The summed E-state index contributed by atoms with van der Waals surface area (Å²) in [6.45, 7) is 3.57. The van der Waals surface area contributed by atoms with Crippen molar-refractivity contribution in [2.24, 2.45) is 5.73 Å². The van der Waals surface area contributed by atoms with E-state index in [0.717, 1.165) is 5.56 Å². The van der Waals surface area contributed by atoms with Crippen molar-refractivity contribution in [1.29, 1.82) is 0 Å². The molecule has 3 N–H and O–H groups in total. The highest BCUT2D eigenvalue weighted by molar-refractivity contribution is 6.21. The molecular formula is C26H26N2O6. The molecule has 2 aliphatic heterocycles. The summed E-state index contributed by atoms with van der Waals surface area (Å²) in [6, 6.07) is 16.0. The molecule has 0 saturated carbocycles. The Morgan fingerprint density at radius 1 is 0.971 bits per heavy atom. The Morgan fingerprint density at radius 2 is 1.65 bits per heavy atom. The van der Waals surface area contributed by atoms with Crippen LogP contribution < -0.4 is 11.1 Å². The van der Waals surface area contributed by atoms with Gasteiger partial charge in [0.1, 0.15) is 28.9 Å². The van der Waals surface area contributed by atoms with E-state index >= 15 is 0 Å². The van der Waals surface area contributed by atoms with E-state index in [9.17, 15) is 14.4 Å². The summed E-state index contributed by atoms with van der Waals surface area (Å²) in [6.07, 6.45) is 0.913. The molecule has 2 aliphatic rings. The van der Waals surface area contributed by atoms with Gasteiger partial charge in [-0.15, -0.1) is 0 Å². The minimum absolute atomic E-state index is 0.0180. The average molecular weight is 463 g/mol. The van der Waals surface area contributed by atoms with Crippen LogP contribution in [0.2, 0.25) is 0 Å². The molecule has 0 aliphatic carbocycles. The summed E-state index contributed by atoms with van der Waals surface area (Å²) < 4.78 is 16.7. The molecule has 2 aromatic rings. The standard InChI is InChI=1S/C26H26N2O6/c1-3-10-19-20(23(29)33-15-16-11-6-5-7-12-16)26(21(22(27)34-19)24(30)32-4-2)17-13-8-9-14-18(17)28-25(26)31/h5-9,11-14H,3-4,10,15,27H2,1-2H3,(H,28,31)/t26-/m0/s1. The number of anilines is 1. The summed E-state index contributed by atoms with van der Waals surface area (Å²) in [5.74, 6) is -2.28. The largest absolute Gasteiger partial charge is 0.462 e. The molecule has 1 atom stereocenters. The first kappa shape index (κ1) is 23.1. The number of carbonyl (C=O) groups is 3. The number of rotatable bonds is 7. The van der Waals surface area contributed by atoms with E-state index in [1.807, 2.05) is 37.3 Å². The fourth-order valence-corrected chi connectivity index (χ4v) is 4.43. The van der Waals surface area contributed by atoms with Crippen LogP contribution in [0.1, 0.15) is 37.8 Å². The molecule has 1 spiro atoms. The lowest BCUT2D eigenvalue weighted by Crippen LogP contribution is -2.48. The third-order valence-electron chi connectivity index (χ3n) is 5.80. The van der Waals surface area contributed by atoms with Crippen molar-refractivity contribution >= 4 is 23.5 Å². The van der Waals surface area contributed by atoms with Gasteiger partial charge in [0.25, 0.3) is 0 Å². The van der Waals surface area contributed by atoms with Gasteiger partial charge >= 0.3 is 11.9 Å². The zero-order valence-corrected chi connectivity index (χ0v) is 19.1. The highest BCUT2D eigenvalue weighted by Gasteiger charge is 2.62. The lowest BCUT2D eigenvalue weighted by molar-refractivity contribution is -0.144. The Kier molecular flexibility index (Phi) is 6.40. The maximum atomic E-state index is 13.7. The SMILES string of the molecule is CCCC1=C(C(=O)OCc2ccccc2)[C@]2(C(=O)Nc3ccccc32)C(C(=O)OCC)=C(N)O1. The number of esters is 2. The van der Waals surface area contributed by atoms with E-state index in [-0.39, 0.29) is 36.0 Å². The Bertz CT molecular complexity index is 1200. The van der Waals surface area contributed by atoms with Gasteiger partial charge in [-0.3, -0.25) is 4.79 Å². The number of hydrogen-bond acceptors (Lipinski definition) is 7. The van der Waals surface area contributed by atoms with Gasteiger partial charge in [-0.05, 0) is 25.0 Å². The van der Waals surface area contributed by atoms with Gasteiger partial charge in [-0.2, -0.15) is 0 Å². The van der Waals surface area contributed by atoms with Crippen molar-refractivity contribution in [2.75, 3.05) is 11.9 Å². The number of nitrogens with two attached hydrogens (primary N) is 1. The molecule has 0 radical (unpaired) electrons. The molecule has 176 valence electrons. The maximum absolute atomic E-state index is 13.7. The molecule has 8 nitrogen and oxygen atoms in total. The zero-order valence-electron chi connectivity index (χ0n) is 19.1. The fraction of sp³-hybridized carbons (Fsp3) is 0.269. The number of hydrogen-bond donors (Lipinski definition) is 2. The predicted molar refractivity (Wildman–Crippen MR) is 124 cm³/mol.